The van der Waals surface area contributed by atoms with E-state index in [0.29, 0.717) is 18.9 Å². The monoisotopic (exact) mass is 274 g/mol. The molecular weight excluding hydrogens is 257 g/mol. The molecule has 2 rings (SSSR count). The summed E-state index contributed by atoms with van der Waals surface area (Å²) in [6.07, 6.45) is -3.52. The van der Waals surface area contributed by atoms with Crippen LogP contribution in [-0.4, -0.2) is 30.1 Å². The van der Waals surface area contributed by atoms with Crippen LogP contribution in [0.1, 0.15) is 26.0 Å². The maximum atomic E-state index is 12.8. The largest absolute Gasteiger partial charge is 0.433 e. The number of hydrogen-bond acceptors (Lipinski definition) is 4. The summed E-state index contributed by atoms with van der Waals surface area (Å²) in [5.41, 5.74) is -0.810. The SMILES string of the molecule is CNc1nc(N2CCC(C)(C)C2)cc(C(F)(F)F)n1. The van der Waals surface area contributed by atoms with E-state index >= 15 is 0 Å². The van der Waals surface area contributed by atoms with Crippen LogP contribution in [-0.2, 0) is 6.18 Å². The van der Waals surface area contributed by atoms with Crippen LogP contribution < -0.4 is 10.2 Å². The minimum atomic E-state index is -4.46. The summed E-state index contributed by atoms with van der Waals surface area (Å²) in [5, 5.41) is 2.58. The van der Waals surface area contributed by atoms with Crippen LogP contribution in [0.25, 0.3) is 0 Å². The van der Waals surface area contributed by atoms with Gasteiger partial charge in [0.1, 0.15) is 5.82 Å². The molecule has 1 aliphatic heterocycles. The van der Waals surface area contributed by atoms with E-state index in [0.717, 1.165) is 12.5 Å². The molecule has 0 aliphatic carbocycles. The third kappa shape index (κ3) is 3.08. The van der Waals surface area contributed by atoms with Gasteiger partial charge in [-0.3, -0.25) is 0 Å². The Hall–Kier alpha value is -1.53. The number of rotatable bonds is 2. The van der Waals surface area contributed by atoms with E-state index in [1.165, 1.54) is 7.05 Å². The molecule has 19 heavy (non-hydrogen) atoms. The molecule has 1 saturated heterocycles. The predicted molar refractivity (Wildman–Crippen MR) is 67.2 cm³/mol. The fourth-order valence-electron chi connectivity index (χ4n) is 2.16. The zero-order valence-corrected chi connectivity index (χ0v) is 11.2. The van der Waals surface area contributed by atoms with Gasteiger partial charge < -0.3 is 10.2 Å². The molecule has 0 bridgehead atoms. The number of aromatic nitrogens is 2. The smallest absolute Gasteiger partial charge is 0.357 e. The highest BCUT2D eigenvalue weighted by Crippen LogP contribution is 2.35. The molecular formula is C12H17F3N4. The van der Waals surface area contributed by atoms with Gasteiger partial charge in [-0.25, -0.2) is 4.98 Å². The molecule has 0 saturated carbocycles. The van der Waals surface area contributed by atoms with Gasteiger partial charge in [-0.15, -0.1) is 0 Å². The van der Waals surface area contributed by atoms with Gasteiger partial charge >= 0.3 is 6.18 Å². The first-order valence-corrected chi connectivity index (χ1v) is 6.10. The average Bonchev–Trinajstić information content (AvgIpc) is 2.68. The predicted octanol–water partition coefficient (Wildman–Crippen LogP) is 2.77. The van der Waals surface area contributed by atoms with Crippen molar-refractivity contribution in [3.63, 3.8) is 0 Å². The third-order valence-electron chi connectivity index (χ3n) is 3.23. The highest BCUT2D eigenvalue weighted by molar-refractivity contribution is 5.46. The quantitative estimate of drug-likeness (QED) is 0.900. The van der Waals surface area contributed by atoms with E-state index in [-0.39, 0.29) is 11.4 Å². The molecule has 0 aromatic carbocycles. The summed E-state index contributed by atoms with van der Waals surface area (Å²) in [7, 11) is 1.51. The number of alkyl halides is 3. The lowest BCUT2D eigenvalue weighted by molar-refractivity contribution is -0.141. The van der Waals surface area contributed by atoms with Crippen LogP contribution >= 0.6 is 0 Å². The lowest BCUT2D eigenvalue weighted by Crippen LogP contribution is -2.25. The Morgan fingerprint density at radius 3 is 2.47 bits per heavy atom. The van der Waals surface area contributed by atoms with Crippen LogP contribution in [0.2, 0.25) is 0 Å². The summed E-state index contributed by atoms with van der Waals surface area (Å²) < 4.78 is 38.4. The summed E-state index contributed by atoms with van der Waals surface area (Å²) in [4.78, 5) is 9.45. The van der Waals surface area contributed by atoms with Crippen molar-refractivity contribution in [2.75, 3.05) is 30.4 Å². The molecule has 0 unspecified atom stereocenters. The highest BCUT2D eigenvalue weighted by atomic mass is 19.4. The summed E-state index contributed by atoms with van der Waals surface area (Å²) in [6.45, 7) is 5.60. The first-order chi connectivity index (χ1) is 8.71. The van der Waals surface area contributed by atoms with Gasteiger partial charge in [0.2, 0.25) is 5.95 Å². The van der Waals surface area contributed by atoms with Crippen molar-refractivity contribution in [2.45, 2.75) is 26.4 Å². The van der Waals surface area contributed by atoms with Crippen LogP contribution in [0, 0.1) is 5.41 Å². The normalized spacial score (nSPS) is 18.7. The van der Waals surface area contributed by atoms with Crippen molar-refractivity contribution in [3.05, 3.63) is 11.8 Å². The van der Waals surface area contributed by atoms with Crippen molar-refractivity contribution in [2.24, 2.45) is 5.41 Å². The average molecular weight is 274 g/mol. The van der Waals surface area contributed by atoms with Gasteiger partial charge in [0.05, 0.1) is 0 Å². The van der Waals surface area contributed by atoms with Gasteiger partial charge in [0.15, 0.2) is 5.69 Å². The van der Waals surface area contributed by atoms with E-state index in [4.69, 9.17) is 0 Å². The van der Waals surface area contributed by atoms with Gasteiger partial charge in [-0.2, -0.15) is 18.2 Å². The van der Waals surface area contributed by atoms with Crippen molar-refractivity contribution in [1.29, 1.82) is 0 Å². The van der Waals surface area contributed by atoms with Gasteiger partial charge in [0, 0.05) is 26.2 Å². The summed E-state index contributed by atoms with van der Waals surface area (Å²) >= 11 is 0. The maximum absolute atomic E-state index is 12.8. The number of halogens is 3. The van der Waals surface area contributed by atoms with Crippen molar-refractivity contribution < 1.29 is 13.2 Å². The fraction of sp³-hybridized carbons (Fsp3) is 0.667. The van der Waals surface area contributed by atoms with Gasteiger partial charge in [-0.05, 0) is 11.8 Å². The Kier molecular flexibility index (Phi) is 3.32. The molecule has 0 amide bonds. The molecule has 1 N–H and O–H groups in total. The molecule has 0 atom stereocenters. The van der Waals surface area contributed by atoms with E-state index in [1.54, 1.807) is 0 Å². The molecule has 0 radical (unpaired) electrons. The summed E-state index contributed by atoms with van der Waals surface area (Å²) in [5.74, 6) is 0.326. The second-order valence-corrected chi connectivity index (χ2v) is 5.52. The van der Waals surface area contributed by atoms with Crippen LogP contribution in [0.3, 0.4) is 0 Å². The van der Waals surface area contributed by atoms with E-state index in [1.807, 2.05) is 4.90 Å². The fourth-order valence-corrected chi connectivity index (χ4v) is 2.16. The highest BCUT2D eigenvalue weighted by Gasteiger charge is 2.36. The Labute approximate surface area is 110 Å². The van der Waals surface area contributed by atoms with Crippen molar-refractivity contribution >= 4 is 11.8 Å². The molecule has 106 valence electrons. The molecule has 1 fully saturated rings. The maximum Gasteiger partial charge on any atom is 0.433 e. The van der Waals surface area contributed by atoms with Crippen LogP contribution in [0.15, 0.2) is 6.07 Å². The number of nitrogens with zero attached hydrogens (tertiary/aromatic N) is 3. The molecule has 7 heteroatoms. The Morgan fingerprint density at radius 1 is 1.32 bits per heavy atom. The number of hydrogen-bond donors (Lipinski definition) is 1. The Morgan fingerprint density at radius 2 is 2.00 bits per heavy atom. The first-order valence-electron chi connectivity index (χ1n) is 6.10. The van der Waals surface area contributed by atoms with E-state index in [2.05, 4.69) is 29.1 Å². The standard InChI is InChI=1S/C12H17F3N4/c1-11(2)4-5-19(7-11)9-6-8(12(13,14)15)17-10(16-3)18-9/h6H,4-5,7H2,1-3H3,(H,16,17,18). The molecule has 1 aromatic heterocycles. The lowest BCUT2D eigenvalue weighted by atomic mass is 9.93. The molecule has 2 heterocycles. The Bertz CT molecular complexity index is 471. The van der Waals surface area contributed by atoms with Crippen LogP contribution in [0.4, 0.5) is 24.9 Å². The van der Waals surface area contributed by atoms with E-state index in [9.17, 15) is 13.2 Å². The van der Waals surface area contributed by atoms with Gasteiger partial charge in [-0.1, -0.05) is 13.8 Å². The number of nitrogens with one attached hydrogen (secondary N) is 1. The molecule has 1 aromatic rings. The second-order valence-electron chi connectivity index (χ2n) is 5.52. The second kappa shape index (κ2) is 4.54. The third-order valence-corrected chi connectivity index (χ3v) is 3.23. The van der Waals surface area contributed by atoms with E-state index < -0.39 is 11.9 Å². The minimum Gasteiger partial charge on any atom is -0.357 e. The summed E-state index contributed by atoms with van der Waals surface area (Å²) in [6, 6.07) is 1.02. The minimum absolute atomic E-state index is 0.00506. The Balaban J connectivity index is 2.35. The zero-order chi connectivity index (χ0) is 14.3. The number of anilines is 2. The molecule has 1 aliphatic rings. The van der Waals surface area contributed by atoms with Crippen molar-refractivity contribution in [3.8, 4) is 0 Å². The zero-order valence-electron chi connectivity index (χ0n) is 11.2. The van der Waals surface area contributed by atoms with Crippen LogP contribution in [0.5, 0.6) is 0 Å². The topological polar surface area (TPSA) is 41.1 Å². The first kappa shape index (κ1) is 13.9. The molecule has 0 spiro atoms. The van der Waals surface area contributed by atoms with Gasteiger partial charge in [0.25, 0.3) is 0 Å². The lowest BCUT2D eigenvalue weighted by Gasteiger charge is -2.21. The van der Waals surface area contributed by atoms with Crippen molar-refractivity contribution in [1.82, 2.24) is 9.97 Å². The molecule has 4 nitrogen and oxygen atoms in total.